The Morgan fingerprint density at radius 1 is 1.21 bits per heavy atom. The summed E-state index contributed by atoms with van der Waals surface area (Å²) in [6, 6.07) is 14.0. The van der Waals surface area contributed by atoms with Crippen molar-refractivity contribution < 1.29 is 14.3 Å². The Labute approximate surface area is 177 Å². The summed E-state index contributed by atoms with van der Waals surface area (Å²) in [4.78, 5) is 26.3. The SMILES string of the molecule is COc1cccc(N2C(=O)CC(S/C(N)=N/N=C(\C)c3ccc(Cl)cc3)C2=O)c1. The second-order valence-electron chi connectivity index (χ2n) is 6.21. The fraction of sp³-hybridized carbons (Fsp3) is 0.200. The zero-order valence-corrected chi connectivity index (χ0v) is 17.4. The average Bonchev–Trinajstić information content (AvgIpc) is 2.99. The first-order chi connectivity index (χ1) is 13.9. The molecule has 1 saturated heterocycles. The van der Waals surface area contributed by atoms with Gasteiger partial charge in [0.05, 0.1) is 18.5 Å². The van der Waals surface area contributed by atoms with Crippen LogP contribution in [0.15, 0.2) is 58.7 Å². The van der Waals surface area contributed by atoms with Gasteiger partial charge in [-0.25, -0.2) is 4.90 Å². The highest BCUT2D eigenvalue weighted by Crippen LogP contribution is 2.31. The molecule has 0 radical (unpaired) electrons. The number of thioether (sulfide) groups is 1. The third-order valence-electron chi connectivity index (χ3n) is 4.24. The lowest BCUT2D eigenvalue weighted by Crippen LogP contribution is -2.31. The second-order valence-corrected chi connectivity index (χ2v) is 7.87. The van der Waals surface area contributed by atoms with E-state index in [2.05, 4.69) is 10.2 Å². The zero-order chi connectivity index (χ0) is 21.0. The van der Waals surface area contributed by atoms with Crippen molar-refractivity contribution in [1.82, 2.24) is 0 Å². The van der Waals surface area contributed by atoms with Crippen molar-refractivity contribution in [2.75, 3.05) is 12.0 Å². The van der Waals surface area contributed by atoms with Crippen LogP contribution in [-0.2, 0) is 9.59 Å². The summed E-state index contributed by atoms with van der Waals surface area (Å²) in [7, 11) is 1.52. The van der Waals surface area contributed by atoms with Crippen LogP contribution in [0.2, 0.25) is 5.02 Å². The van der Waals surface area contributed by atoms with Crippen LogP contribution in [-0.4, -0.2) is 35.1 Å². The number of amides is 2. The molecule has 150 valence electrons. The molecule has 29 heavy (non-hydrogen) atoms. The quantitative estimate of drug-likeness (QED) is 0.339. The van der Waals surface area contributed by atoms with Crippen molar-refractivity contribution in [1.29, 1.82) is 0 Å². The Hall–Kier alpha value is -2.84. The van der Waals surface area contributed by atoms with Crippen LogP contribution in [0.25, 0.3) is 0 Å². The number of ether oxygens (including phenoxy) is 1. The molecule has 2 aromatic rings. The molecule has 1 atom stereocenters. The van der Waals surface area contributed by atoms with Crippen molar-refractivity contribution >= 4 is 51.7 Å². The summed E-state index contributed by atoms with van der Waals surface area (Å²) in [5.41, 5.74) is 7.90. The summed E-state index contributed by atoms with van der Waals surface area (Å²) < 4.78 is 5.16. The zero-order valence-electron chi connectivity index (χ0n) is 15.8. The van der Waals surface area contributed by atoms with Gasteiger partial charge in [-0.15, -0.1) is 5.10 Å². The molecular formula is C20H19ClN4O3S. The number of carbonyl (C=O) groups is 2. The molecule has 0 aliphatic carbocycles. The molecule has 0 bridgehead atoms. The number of hydrogen-bond donors (Lipinski definition) is 1. The van der Waals surface area contributed by atoms with E-state index in [1.807, 2.05) is 12.1 Å². The third kappa shape index (κ3) is 4.96. The lowest BCUT2D eigenvalue weighted by atomic mass is 10.1. The van der Waals surface area contributed by atoms with Crippen LogP contribution in [0.3, 0.4) is 0 Å². The second kappa shape index (κ2) is 9.11. The highest BCUT2D eigenvalue weighted by atomic mass is 35.5. The standard InChI is InChI=1S/C20H19ClN4O3S/c1-12(13-6-8-14(21)9-7-13)23-24-20(22)29-17-11-18(26)25(19(17)27)15-4-3-5-16(10-15)28-2/h3-10,17H,11H2,1-2H3,(H2,22,24)/b23-12+. The minimum Gasteiger partial charge on any atom is -0.497 e. The molecule has 2 amide bonds. The van der Waals surface area contributed by atoms with Gasteiger partial charge in [0.15, 0.2) is 5.17 Å². The summed E-state index contributed by atoms with van der Waals surface area (Å²) in [6.45, 7) is 1.79. The number of nitrogens with zero attached hydrogens (tertiary/aromatic N) is 3. The largest absolute Gasteiger partial charge is 0.497 e. The van der Waals surface area contributed by atoms with Gasteiger partial charge in [-0.1, -0.05) is 41.6 Å². The molecule has 0 spiro atoms. The molecule has 1 aliphatic rings. The highest BCUT2D eigenvalue weighted by Gasteiger charge is 2.40. The number of imide groups is 1. The smallest absolute Gasteiger partial charge is 0.247 e. The monoisotopic (exact) mass is 430 g/mol. The van der Waals surface area contributed by atoms with Gasteiger partial charge in [-0.05, 0) is 36.8 Å². The van der Waals surface area contributed by atoms with E-state index >= 15 is 0 Å². The molecule has 1 unspecified atom stereocenters. The molecular weight excluding hydrogens is 412 g/mol. The predicted molar refractivity (Wildman–Crippen MR) is 117 cm³/mol. The molecule has 9 heteroatoms. The number of halogens is 1. The van der Waals surface area contributed by atoms with Crippen LogP contribution >= 0.6 is 23.4 Å². The number of methoxy groups -OCH3 is 1. The number of hydrogen-bond acceptors (Lipinski definition) is 6. The number of anilines is 1. The van der Waals surface area contributed by atoms with Gasteiger partial charge in [-0.3, -0.25) is 9.59 Å². The van der Waals surface area contributed by atoms with Gasteiger partial charge in [0, 0.05) is 17.5 Å². The van der Waals surface area contributed by atoms with Crippen molar-refractivity contribution in [3.63, 3.8) is 0 Å². The number of amidine groups is 1. The first-order valence-electron chi connectivity index (χ1n) is 8.70. The Morgan fingerprint density at radius 3 is 2.62 bits per heavy atom. The van der Waals surface area contributed by atoms with E-state index in [1.54, 1.807) is 43.3 Å². The molecule has 0 saturated carbocycles. The van der Waals surface area contributed by atoms with E-state index in [4.69, 9.17) is 22.1 Å². The first kappa shape index (κ1) is 20.9. The normalized spacial score (nSPS) is 17.8. The minimum absolute atomic E-state index is 0.0385. The number of carbonyl (C=O) groups excluding carboxylic acids is 2. The summed E-state index contributed by atoms with van der Waals surface area (Å²) in [6.07, 6.45) is 0.0385. The number of nitrogens with two attached hydrogens (primary N) is 1. The predicted octanol–water partition coefficient (Wildman–Crippen LogP) is 3.45. The van der Waals surface area contributed by atoms with Crippen LogP contribution in [0.4, 0.5) is 5.69 Å². The van der Waals surface area contributed by atoms with E-state index in [-0.39, 0.29) is 23.4 Å². The van der Waals surface area contributed by atoms with Crippen LogP contribution in [0, 0.1) is 0 Å². The van der Waals surface area contributed by atoms with E-state index in [0.717, 1.165) is 22.2 Å². The Kier molecular flexibility index (Phi) is 6.56. The molecule has 3 rings (SSSR count). The van der Waals surface area contributed by atoms with E-state index < -0.39 is 5.25 Å². The minimum atomic E-state index is -0.650. The number of benzene rings is 2. The maximum Gasteiger partial charge on any atom is 0.247 e. The van der Waals surface area contributed by atoms with Crippen molar-refractivity contribution in [2.24, 2.45) is 15.9 Å². The van der Waals surface area contributed by atoms with Gasteiger partial charge < -0.3 is 10.5 Å². The van der Waals surface area contributed by atoms with E-state index in [9.17, 15) is 9.59 Å². The fourth-order valence-electron chi connectivity index (χ4n) is 2.76. The fourth-order valence-corrected chi connectivity index (χ4v) is 3.70. The van der Waals surface area contributed by atoms with E-state index in [1.165, 1.54) is 7.11 Å². The maximum absolute atomic E-state index is 12.7. The summed E-state index contributed by atoms with van der Waals surface area (Å²) in [5, 5.41) is 8.17. The summed E-state index contributed by atoms with van der Waals surface area (Å²) in [5.74, 6) is -0.0773. The third-order valence-corrected chi connectivity index (χ3v) is 5.47. The van der Waals surface area contributed by atoms with Crippen molar-refractivity contribution in [2.45, 2.75) is 18.6 Å². The van der Waals surface area contributed by atoms with Gasteiger partial charge in [0.25, 0.3) is 0 Å². The molecule has 0 aromatic heterocycles. The molecule has 2 N–H and O–H groups in total. The molecule has 2 aromatic carbocycles. The van der Waals surface area contributed by atoms with Crippen LogP contribution in [0.5, 0.6) is 5.75 Å². The Bertz CT molecular complexity index is 991. The average molecular weight is 431 g/mol. The van der Waals surface area contributed by atoms with Gasteiger partial charge >= 0.3 is 0 Å². The highest BCUT2D eigenvalue weighted by molar-refractivity contribution is 8.14. The van der Waals surface area contributed by atoms with Gasteiger partial charge in [0.2, 0.25) is 11.8 Å². The molecule has 7 nitrogen and oxygen atoms in total. The Balaban J connectivity index is 1.70. The molecule has 1 fully saturated rings. The van der Waals surface area contributed by atoms with Gasteiger partial charge in [-0.2, -0.15) is 5.10 Å². The molecule has 1 aliphatic heterocycles. The molecule has 1 heterocycles. The number of rotatable bonds is 5. The van der Waals surface area contributed by atoms with Crippen LogP contribution in [0.1, 0.15) is 18.9 Å². The lowest BCUT2D eigenvalue weighted by molar-refractivity contribution is -0.121. The topological polar surface area (TPSA) is 97.3 Å². The lowest BCUT2D eigenvalue weighted by Gasteiger charge is -2.15. The maximum atomic E-state index is 12.7. The Morgan fingerprint density at radius 2 is 1.93 bits per heavy atom. The summed E-state index contributed by atoms with van der Waals surface area (Å²) >= 11 is 6.90. The van der Waals surface area contributed by atoms with Crippen molar-refractivity contribution in [3.8, 4) is 5.75 Å². The van der Waals surface area contributed by atoms with E-state index in [0.29, 0.717) is 22.2 Å². The van der Waals surface area contributed by atoms with Gasteiger partial charge in [0.1, 0.15) is 11.0 Å². The van der Waals surface area contributed by atoms with Crippen LogP contribution < -0.4 is 15.4 Å². The first-order valence-corrected chi connectivity index (χ1v) is 9.96. The van der Waals surface area contributed by atoms with Crippen molar-refractivity contribution in [3.05, 3.63) is 59.1 Å².